The number of aromatic nitrogens is 5. The van der Waals surface area contributed by atoms with Crippen molar-refractivity contribution in [2.75, 3.05) is 0 Å². The molecule has 5 rings (SSSR count). The van der Waals surface area contributed by atoms with Gasteiger partial charge in [-0.25, -0.2) is 14.4 Å². The Morgan fingerprint density at radius 2 is 1.85 bits per heavy atom. The van der Waals surface area contributed by atoms with Gasteiger partial charge >= 0.3 is 6.18 Å². The van der Waals surface area contributed by atoms with E-state index in [0.717, 1.165) is 19.0 Å². The Bertz CT molecular complexity index is 1370. The highest BCUT2D eigenvalue weighted by atomic mass is 19.4. The molecule has 1 aliphatic rings. The van der Waals surface area contributed by atoms with Crippen LogP contribution in [0.5, 0.6) is 0 Å². The summed E-state index contributed by atoms with van der Waals surface area (Å²) in [6.45, 7) is 0.159. The number of hydrogen-bond donors (Lipinski definition) is 0. The predicted octanol–water partition coefficient (Wildman–Crippen LogP) is 5.43. The topological polar surface area (TPSA) is 71.8 Å². The van der Waals surface area contributed by atoms with Crippen LogP contribution >= 0.6 is 0 Å². The first-order valence-electron chi connectivity index (χ1n) is 10.4. The highest BCUT2D eigenvalue weighted by Gasteiger charge is 2.35. The Labute approximate surface area is 186 Å². The maximum atomic E-state index is 14.9. The Balaban J connectivity index is 1.55. The molecule has 6 nitrogen and oxygen atoms in total. The zero-order chi connectivity index (χ0) is 23.2. The van der Waals surface area contributed by atoms with Gasteiger partial charge in [-0.05, 0) is 37.1 Å². The molecule has 0 unspecified atom stereocenters. The molecule has 0 amide bonds. The van der Waals surface area contributed by atoms with E-state index in [1.807, 2.05) is 6.07 Å². The van der Waals surface area contributed by atoms with Crippen LogP contribution in [0.25, 0.3) is 28.0 Å². The fourth-order valence-corrected chi connectivity index (χ4v) is 4.29. The lowest BCUT2D eigenvalue weighted by atomic mass is 10.0. The minimum Gasteiger partial charge on any atom is -0.306 e. The zero-order valence-corrected chi connectivity index (χ0v) is 17.3. The van der Waals surface area contributed by atoms with E-state index in [1.165, 1.54) is 16.7 Å². The van der Waals surface area contributed by atoms with Gasteiger partial charge in [0.1, 0.15) is 23.1 Å². The van der Waals surface area contributed by atoms with Crippen LogP contribution in [0.1, 0.15) is 37.1 Å². The summed E-state index contributed by atoms with van der Waals surface area (Å²) < 4.78 is 56.9. The van der Waals surface area contributed by atoms with E-state index in [9.17, 15) is 22.8 Å². The van der Waals surface area contributed by atoms with E-state index < -0.39 is 17.5 Å². The smallest absolute Gasteiger partial charge is 0.306 e. The Morgan fingerprint density at radius 1 is 1.06 bits per heavy atom. The molecule has 0 aromatic carbocycles. The molecule has 4 heterocycles. The van der Waals surface area contributed by atoms with Crippen molar-refractivity contribution in [3.8, 4) is 28.5 Å². The quantitative estimate of drug-likeness (QED) is 0.386. The van der Waals surface area contributed by atoms with Crippen molar-refractivity contribution in [3.05, 3.63) is 60.4 Å². The number of hydrogen-bond acceptors (Lipinski definition) is 4. The summed E-state index contributed by atoms with van der Waals surface area (Å²) in [6, 6.07) is 8.35. The minimum absolute atomic E-state index is 0.103. The fraction of sp³-hybridized carbons (Fsp3) is 0.304. The molecule has 10 heteroatoms. The first-order valence-corrected chi connectivity index (χ1v) is 10.4. The molecule has 0 atom stereocenters. The van der Waals surface area contributed by atoms with E-state index in [0.29, 0.717) is 35.2 Å². The van der Waals surface area contributed by atoms with Crippen LogP contribution in [-0.4, -0.2) is 29.8 Å². The molecule has 1 aliphatic carbocycles. The fourth-order valence-electron chi connectivity index (χ4n) is 4.29. The van der Waals surface area contributed by atoms with Crippen LogP contribution in [-0.2, 0) is 12.7 Å². The number of halogens is 4. The predicted molar refractivity (Wildman–Crippen MR) is 112 cm³/mol. The van der Waals surface area contributed by atoms with Crippen LogP contribution < -0.4 is 0 Å². The van der Waals surface area contributed by atoms with Gasteiger partial charge in [-0.2, -0.15) is 23.5 Å². The number of nitriles is 1. The molecular weight excluding hydrogens is 436 g/mol. The standard InChI is InChI=1S/C23H18F4N6/c24-22(6-1-2-7-22)14-33-12-16(11-29-33)18-4-3-17(10-28)30-21(18)15-5-8-32-13-19(23(25,26)27)31-20(32)9-15/h3-5,8-9,11-13H,1-2,6-7,14H2. The van der Waals surface area contributed by atoms with E-state index >= 15 is 0 Å². The van der Waals surface area contributed by atoms with Gasteiger partial charge in [0, 0.05) is 35.3 Å². The average Bonchev–Trinajstić information content (AvgIpc) is 3.52. The third-order valence-corrected chi connectivity index (χ3v) is 5.92. The number of imidazole rings is 1. The second-order valence-corrected chi connectivity index (χ2v) is 8.29. The number of alkyl halides is 4. The first-order chi connectivity index (χ1) is 15.7. The Hall–Kier alpha value is -3.74. The number of rotatable bonds is 4. The molecule has 0 saturated heterocycles. The maximum Gasteiger partial charge on any atom is 0.434 e. The van der Waals surface area contributed by atoms with E-state index in [-0.39, 0.29) is 17.9 Å². The summed E-state index contributed by atoms with van der Waals surface area (Å²) in [5, 5.41) is 13.6. The van der Waals surface area contributed by atoms with E-state index in [2.05, 4.69) is 15.1 Å². The van der Waals surface area contributed by atoms with Crippen LogP contribution in [0, 0.1) is 11.3 Å². The van der Waals surface area contributed by atoms with E-state index in [4.69, 9.17) is 0 Å². The molecule has 0 bridgehead atoms. The van der Waals surface area contributed by atoms with Crippen molar-refractivity contribution in [2.24, 2.45) is 0 Å². The van der Waals surface area contributed by atoms with Gasteiger partial charge in [0.15, 0.2) is 5.69 Å². The molecule has 33 heavy (non-hydrogen) atoms. The maximum absolute atomic E-state index is 14.9. The summed E-state index contributed by atoms with van der Waals surface area (Å²) >= 11 is 0. The zero-order valence-electron chi connectivity index (χ0n) is 17.3. The number of nitrogens with zero attached hydrogens (tertiary/aromatic N) is 6. The molecule has 168 valence electrons. The third kappa shape index (κ3) is 4.06. The normalized spacial score (nSPS) is 15.7. The first kappa shape index (κ1) is 21.1. The SMILES string of the molecule is N#Cc1ccc(-c2cnn(CC3(F)CCCC3)c2)c(-c2ccn3cc(C(F)(F)F)nc3c2)n1. The van der Waals surface area contributed by atoms with Crippen molar-refractivity contribution >= 4 is 5.65 Å². The summed E-state index contributed by atoms with van der Waals surface area (Å²) in [6.07, 6.45) is 3.89. The summed E-state index contributed by atoms with van der Waals surface area (Å²) in [7, 11) is 0. The molecule has 1 fully saturated rings. The van der Waals surface area contributed by atoms with Gasteiger partial charge in [0.25, 0.3) is 0 Å². The van der Waals surface area contributed by atoms with Crippen molar-refractivity contribution in [2.45, 2.75) is 44.1 Å². The van der Waals surface area contributed by atoms with Crippen LogP contribution in [0.2, 0.25) is 0 Å². The Kier molecular flexibility index (Phi) is 4.92. The number of pyridine rings is 2. The third-order valence-electron chi connectivity index (χ3n) is 5.92. The molecule has 0 radical (unpaired) electrons. The van der Waals surface area contributed by atoms with Crippen LogP contribution in [0.15, 0.2) is 49.1 Å². The van der Waals surface area contributed by atoms with Crippen molar-refractivity contribution in [3.63, 3.8) is 0 Å². The van der Waals surface area contributed by atoms with Crippen LogP contribution in [0.4, 0.5) is 17.6 Å². The monoisotopic (exact) mass is 454 g/mol. The lowest BCUT2D eigenvalue weighted by molar-refractivity contribution is -0.140. The lowest BCUT2D eigenvalue weighted by Crippen LogP contribution is -2.25. The molecule has 4 aromatic rings. The summed E-state index contributed by atoms with van der Waals surface area (Å²) in [5.74, 6) is 0. The van der Waals surface area contributed by atoms with Gasteiger partial charge in [-0.15, -0.1) is 0 Å². The molecule has 1 saturated carbocycles. The van der Waals surface area contributed by atoms with E-state index in [1.54, 1.807) is 35.3 Å². The van der Waals surface area contributed by atoms with Gasteiger partial charge in [0.2, 0.25) is 0 Å². The summed E-state index contributed by atoms with van der Waals surface area (Å²) in [4.78, 5) is 8.07. The molecular formula is C23H18F4N6. The van der Waals surface area contributed by atoms with Crippen molar-refractivity contribution in [1.29, 1.82) is 5.26 Å². The Morgan fingerprint density at radius 3 is 2.58 bits per heavy atom. The highest BCUT2D eigenvalue weighted by Crippen LogP contribution is 2.36. The van der Waals surface area contributed by atoms with Crippen molar-refractivity contribution in [1.82, 2.24) is 24.1 Å². The van der Waals surface area contributed by atoms with Gasteiger partial charge in [-0.3, -0.25) is 4.68 Å². The molecule has 0 aliphatic heterocycles. The van der Waals surface area contributed by atoms with Gasteiger partial charge in [0.05, 0.1) is 18.4 Å². The largest absolute Gasteiger partial charge is 0.434 e. The molecule has 4 aromatic heterocycles. The second kappa shape index (κ2) is 7.69. The minimum atomic E-state index is -4.56. The van der Waals surface area contributed by atoms with Gasteiger partial charge < -0.3 is 4.40 Å². The number of fused-ring (bicyclic) bond motifs is 1. The lowest BCUT2D eigenvalue weighted by Gasteiger charge is -2.18. The summed E-state index contributed by atoms with van der Waals surface area (Å²) in [5.41, 5.74) is 0.209. The van der Waals surface area contributed by atoms with Crippen LogP contribution in [0.3, 0.4) is 0 Å². The highest BCUT2D eigenvalue weighted by molar-refractivity contribution is 5.81. The van der Waals surface area contributed by atoms with Gasteiger partial charge in [-0.1, -0.05) is 12.8 Å². The molecule has 0 N–H and O–H groups in total. The van der Waals surface area contributed by atoms with Crippen molar-refractivity contribution < 1.29 is 17.6 Å². The second-order valence-electron chi connectivity index (χ2n) is 8.29. The average molecular weight is 454 g/mol. The molecule has 0 spiro atoms.